The molecular weight excluding hydrogens is 202 g/mol. The maximum atomic E-state index is 11.7. The third kappa shape index (κ3) is 2.57. The quantitative estimate of drug-likeness (QED) is 0.773. The minimum atomic E-state index is 0.119. The van der Waals surface area contributed by atoms with Crippen molar-refractivity contribution in [1.29, 1.82) is 0 Å². The number of amides is 1. The number of hydrogen-bond acceptors (Lipinski definition) is 2. The zero-order chi connectivity index (χ0) is 11.5. The maximum absolute atomic E-state index is 11.7. The van der Waals surface area contributed by atoms with Crippen LogP contribution in [-0.2, 0) is 4.79 Å². The summed E-state index contributed by atoms with van der Waals surface area (Å²) in [6.45, 7) is 1.05. The summed E-state index contributed by atoms with van der Waals surface area (Å²) in [5.74, 6) is 2.78. The second-order valence-corrected chi connectivity index (χ2v) is 5.54. The van der Waals surface area contributed by atoms with Crippen molar-refractivity contribution in [3.63, 3.8) is 0 Å². The van der Waals surface area contributed by atoms with Crippen molar-refractivity contribution in [2.75, 3.05) is 20.2 Å². The van der Waals surface area contributed by atoms with Crippen LogP contribution in [0.4, 0.5) is 0 Å². The van der Waals surface area contributed by atoms with Gasteiger partial charge in [-0.2, -0.15) is 0 Å². The van der Waals surface area contributed by atoms with E-state index in [1.807, 2.05) is 11.9 Å². The van der Waals surface area contributed by atoms with E-state index in [9.17, 15) is 4.79 Å². The van der Waals surface area contributed by atoms with E-state index in [1.165, 1.54) is 25.7 Å². The van der Waals surface area contributed by atoms with E-state index in [4.69, 9.17) is 5.11 Å². The van der Waals surface area contributed by atoms with E-state index in [2.05, 4.69) is 0 Å². The van der Waals surface area contributed by atoms with Gasteiger partial charge in [0.05, 0.1) is 0 Å². The first kappa shape index (κ1) is 11.9. The highest BCUT2D eigenvalue weighted by Crippen LogP contribution is 2.48. The van der Waals surface area contributed by atoms with E-state index in [0.29, 0.717) is 12.8 Å². The minimum Gasteiger partial charge on any atom is -0.396 e. The largest absolute Gasteiger partial charge is 0.396 e. The van der Waals surface area contributed by atoms with Crippen molar-refractivity contribution in [2.45, 2.75) is 38.5 Å². The Morgan fingerprint density at radius 1 is 1.38 bits per heavy atom. The van der Waals surface area contributed by atoms with Crippen LogP contribution in [-0.4, -0.2) is 36.1 Å². The number of fused-ring (bicyclic) bond motifs is 2. The van der Waals surface area contributed by atoms with Crippen molar-refractivity contribution in [1.82, 2.24) is 4.90 Å². The predicted octanol–water partition coefficient (Wildman–Crippen LogP) is 1.65. The fraction of sp³-hybridized carbons (Fsp3) is 0.923. The summed E-state index contributed by atoms with van der Waals surface area (Å²) in [6, 6.07) is 0. The Bertz CT molecular complexity index is 254. The predicted molar refractivity (Wildman–Crippen MR) is 62.9 cm³/mol. The molecule has 0 spiro atoms. The molecule has 2 fully saturated rings. The second-order valence-electron chi connectivity index (χ2n) is 5.54. The highest BCUT2D eigenvalue weighted by atomic mass is 16.3. The van der Waals surface area contributed by atoms with E-state index in [1.54, 1.807) is 0 Å². The standard InChI is InChI=1S/C13H23NO2/c1-14(13(16)3-2-6-15)9-12-8-10-4-5-11(12)7-10/h10-12,15H,2-9H2,1H3. The van der Waals surface area contributed by atoms with Crippen LogP contribution in [0.25, 0.3) is 0 Å². The molecule has 0 radical (unpaired) electrons. The minimum absolute atomic E-state index is 0.119. The Morgan fingerprint density at radius 2 is 2.19 bits per heavy atom. The summed E-state index contributed by atoms with van der Waals surface area (Å²) in [5.41, 5.74) is 0. The number of carbonyl (C=O) groups excluding carboxylic acids is 1. The van der Waals surface area contributed by atoms with Crippen molar-refractivity contribution < 1.29 is 9.90 Å². The number of carbonyl (C=O) groups is 1. The van der Waals surface area contributed by atoms with Crippen molar-refractivity contribution in [3.8, 4) is 0 Å². The molecule has 1 amide bonds. The van der Waals surface area contributed by atoms with E-state index < -0.39 is 0 Å². The molecule has 16 heavy (non-hydrogen) atoms. The van der Waals surface area contributed by atoms with E-state index in [-0.39, 0.29) is 12.5 Å². The lowest BCUT2D eigenvalue weighted by atomic mass is 9.88. The van der Waals surface area contributed by atoms with Crippen LogP contribution < -0.4 is 0 Å². The van der Waals surface area contributed by atoms with Gasteiger partial charge in [0.1, 0.15) is 0 Å². The summed E-state index contributed by atoms with van der Waals surface area (Å²) >= 11 is 0. The molecule has 0 aliphatic heterocycles. The Hall–Kier alpha value is -0.570. The van der Waals surface area contributed by atoms with Gasteiger partial charge in [-0.3, -0.25) is 4.79 Å². The molecule has 3 unspecified atom stereocenters. The molecule has 0 saturated heterocycles. The molecule has 0 aromatic heterocycles. The van der Waals surface area contributed by atoms with Gasteiger partial charge in [-0.15, -0.1) is 0 Å². The lowest BCUT2D eigenvalue weighted by Gasteiger charge is -2.27. The Morgan fingerprint density at radius 3 is 2.75 bits per heavy atom. The third-order valence-corrected chi connectivity index (χ3v) is 4.37. The van der Waals surface area contributed by atoms with Crippen LogP contribution in [0.15, 0.2) is 0 Å². The van der Waals surface area contributed by atoms with Crippen LogP contribution in [0.2, 0.25) is 0 Å². The molecule has 2 aliphatic rings. The molecule has 2 aliphatic carbocycles. The number of aliphatic hydroxyl groups excluding tert-OH is 1. The van der Waals surface area contributed by atoms with Gasteiger partial charge in [-0.1, -0.05) is 6.42 Å². The topological polar surface area (TPSA) is 40.5 Å². The van der Waals surface area contributed by atoms with Crippen LogP contribution in [0.3, 0.4) is 0 Å². The number of nitrogens with zero attached hydrogens (tertiary/aromatic N) is 1. The SMILES string of the molecule is CN(CC1CC2CCC1C2)C(=O)CCCO. The molecule has 92 valence electrons. The van der Waals surface area contributed by atoms with Crippen molar-refractivity contribution >= 4 is 5.91 Å². The molecular formula is C13H23NO2. The fourth-order valence-electron chi connectivity index (χ4n) is 3.47. The van der Waals surface area contributed by atoms with Crippen LogP contribution in [0.1, 0.15) is 38.5 Å². The average molecular weight is 225 g/mol. The molecule has 2 bridgehead atoms. The summed E-state index contributed by atoms with van der Waals surface area (Å²) < 4.78 is 0. The van der Waals surface area contributed by atoms with Gasteiger partial charge >= 0.3 is 0 Å². The molecule has 0 aromatic rings. The zero-order valence-corrected chi connectivity index (χ0v) is 10.2. The fourth-order valence-corrected chi connectivity index (χ4v) is 3.47. The molecule has 1 N–H and O–H groups in total. The summed E-state index contributed by atoms with van der Waals surface area (Å²) in [6.07, 6.45) is 6.64. The number of hydrogen-bond donors (Lipinski definition) is 1. The number of aliphatic hydroxyl groups is 1. The molecule has 2 rings (SSSR count). The van der Waals surface area contributed by atoms with E-state index in [0.717, 1.165) is 24.3 Å². The summed E-state index contributed by atoms with van der Waals surface area (Å²) in [7, 11) is 1.91. The molecule has 3 atom stereocenters. The Balaban J connectivity index is 1.74. The maximum Gasteiger partial charge on any atom is 0.222 e. The van der Waals surface area contributed by atoms with Crippen LogP contribution >= 0.6 is 0 Å². The normalized spacial score (nSPS) is 32.0. The second kappa shape index (κ2) is 5.17. The zero-order valence-electron chi connectivity index (χ0n) is 10.2. The molecule has 0 heterocycles. The molecule has 0 aromatic carbocycles. The van der Waals surface area contributed by atoms with Crippen molar-refractivity contribution in [3.05, 3.63) is 0 Å². The Labute approximate surface area is 97.8 Å². The first-order valence-electron chi connectivity index (χ1n) is 6.55. The Kier molecular flexibility index (Phi) is 3.85. The van der Waals surface area contributed by atoms with Gasteiger partial charge in [-0.05, 0) is 43.4 Å². The van der Waals surface area contributed by atoms with Crippen molar-refractivity contribution in [2.24, 2.45) is 17.8 Å². The monoisotopic (exact) mass is 225 g/mol. The van der Waals surface area contributed by atoms with Gasteiger partial charge in [-0.25, -0.2) is 0 Å². The smallest absolute Gasteiger partial charge is 0.222 e. The summed E-state index contributed by atoms with van der Waals surface area (Å²) in [5, 5.41) is 8.70. The number of rotatable bonds is 5. The lowest BCUT2D eigenvalue weighted by Crippen LogP contribution is -2.33. The van der Waals surface area contributed by atoms with Gasteiger partial charge in [0.2, 0.25) is 5.91 Å². The van der Waals surface area contributed by atoms with Gasteiger partial charge < -0.3 is 10.0 Å². The van der Waals surface area contributed by atoms with Gasteiger partial charge in [0.25, 0.3) is 0 Å². The third-order valence-electron chi connectivity index (χ3n) is 4.37. The average Bonchev–Trinajstić information content (AvgIpc) is 2.87. The first-order chi connectivity index (χ1) is 7.70. The highest BCUT2D eigenvalue weighted by molar-refractivity contribution is 5.75. The molecule has 3 nitrogen and oxygen atoms in total. The summed E-state index contributed by atoms with van der Waals surface area (Å²) in [4.78, 5) is 13.6. The van der Waals surface area contributed by atoms with Crippen LogP contribution in [0.5, 0.6) is 0 Å². The van der Waals surface area contributed by atoms with Gasteiger partial charge in [0.15, 0.2) is 0 Å². The highest BCUT2D eigenvalue weighted by Gasteiger charge is 2.39. The lowest BCUT2D eigenvalue weighted by molar-refractivity contribution is -0.131. The molecule has 2 saturated carbocycles. The van der Waals surface area contributed by atoms with E-state index >= 15 is 0 Å². The van der Waals surface area contributed by atoms with Gasteiger partial charge in [0, 0.05) is 26.6 Å². The van der Waals surface area contributed by atoms with Crippen LogP contribution in [0, 0.1) is 17.8 Å². The first-order valence-corrected chi connectivity index (χ1v) is 6.55. The molecule has 3 heteroatoms.